The summed E-state index contributed by atoms with van der Waals surface area (Å²) in [5, 5.41) is 17.6. The third-order valence-corrected chi connectivity index (χ3v) is 7.56. The number of hydrogen-bond donors (Lipinski definition) is 1. The Morgan fingerprint density at radius 3 is 2.57 bits per heavy atom. The van der Waals surface area contributed by atoms with Crippen LogP contribution in [0, 0.1) is 23.2 Å². The van der Waals surface area contributed by atoms with Crippen LogP contribution in [0.5, 0.6) is 0 Å². The van der Waals surface area contributed by atoms with Gasteiger partial charge in [0.15, 0.2) is 0 Å². The molecule has 1 aliphatic rings. The van der Waals surface area contributed by atoms with Gasteiger partial charge in [0.2, 0.25) is 21.8 Å². The molecule has 35 heavy (non-hydrogen) atoms. The van der Waals surface area contributed by atoms with Crippen LogP contribution in [0.15, 0.2) is 40.8 Å². The van der Waals surface area contributed by atoms with Crippen LogP contribution in [0.2, 0.25) is 0 Å². The lowest BCUT2D eigenvalue weighted by Crippen LogP contribution is -2.27. The van der Waals surface area contributed by atoms with Crippen LogP contribution in [-0.2, 0) is 16.4 Å². The summed E-state index contributed by atoms with van der Waals surface area (Å²) in [6, 6.07) is 12.2. The average molecular weight is 496 g/mol. The largest absolute Gasteiger partial charge is 0.419 e. The number of sulfonamides is 1. The van der Waals surface area contributed by atoms with Crippen molar-refractivity contribution in [3.05, 3.63) is 53.4 Å². The second kappa shape index (κ2) is 9.64. The zero-order valence-electron chi connectivity index (χ0n) is 20.2. The molecule has 0 amide bonds. The van der Waals surface area contributed by atoms with Crippen molar-refractivity contribution >= 4 is 21.7 Å². The molecule has 3 aromatic rings. The standard InChI is InChI=1S/C24H29N7O3S/c1-15-9-19(15)14-30(2)21-11-18(12-22(27-21)31(3)35(4,32)33)23-28-29-24(34-23)20(26)10-16-7-5-6-8-17(16)13-25/h5-8,11-12,15,19-20H,9-10,14,26H2,1-4H3. The van der Waals surface area contributed by atoms with E-state index in [-0.39, 0.29) is 17.6 Å². The molecule has 1 saturated carbocycles. The SMILES string of the molecule is CC1CC1CN(C)c1cc(-c2nnc(C(N)Cc3ccccc3C#N)o2)cc(N(C)S(C)(=O)=O)n1. The van der Waals surface area contributed by atoms with Crippen molar-refractivity contribution in [2.75, 3.05) is 36.1 Å². The molecule has 2 N–H and O–H groups in total. The maximum absolute atomic E-state index is 12.2. The lowest BCUT2D eigenvalue weighted by molar-refractivity contribution is 0.457. The Morgan fingerprint density at radius 2 is 1.91 bits per heavy atom. The highest BCUT2D eigenvalue weighted by molar-refractivity contribution is 7.92. The number of hydrogen-bond acceptors (Lipinski definition) is 9. The predicted octanol–water partition coefficient (Wildman–Crippen LogP) is 2.73. The fraction of sp³-hybridized carbons (Fsp3) is 0.417. The van der Waals surface area contributed by atoms with Gasteiger partial charge in [-0.1, -0.05) is 25.1 Å². The first-order chi connectivity index (χ1) is 16.6. The summed E-state index contributed by atoms with van der Waals surface area (Å²) in [7, 11) is -0.139. The normalized spacial score (nSPS) is 18.1. The molecule has 0 radical (unpaired) electrons. The van der Waals surface area contributed by atoms with Crippen molar-refractivity contribution in [3.8, 4) is 17.5 Å². The maximum Gasteiger partial charge on any atom is 0.248 e. The lowest BCUT2D eigenvalue weighted by Gasteiger charge is -2.22. The molecular weight excluding hydrogens is 466 g/mol. The molecule has 3 unspecified atom stereocenters. The number of nitriles is 1. The van der Waals surface area contributed by atoms with Crippen LogP contribution in [0.1, 0.15) is 36.4 Å². The van der Waals surface area contributed by atoms with Gasteiger partial charge in [-0.2, -0.15) is 5.26 Å². The highest BCUT2D eigenvalue weighted by Crippen LogP contribution is 2.39. The number of rotatable bonds is 9. The Balaban J connectivity index is 1.64. The van der Waals surface area contributed by atoms with Crippen molar-refractivity contribution in [2.45, 2.75) is 25.8 Å². The molecule has 11 heteroatoms. The van der Waals surface area contributed by atoms with Gasteiger partial charge < -0.3 is 15.1 Å². The molecule has 1 aliphatic carbocycles. The molecule has 0 spiro atoms. The molecule has 3 atom stereocenters. The van der Waals surface area contributed by atoms with Crippen LogP contribution in [0.4, 0.5) is 11.6 Å². The number of nitrogens with two attached hydrogens (primary N) is 1. The highest BCUT2D eigenvalue weighted by Gasteiger charge is 2.33. The van der Waals surface area contributed by atoms with Crippen molar-refractivity contribution in [2.24, 2.45) is 17.6 Å². The molecule has 1 fully saturated rings. The second-order valence-corrected chi connectivity index (χ2v) is 11.2. The molecule has 10 nitrogen and oxygen atoms in total. The Bertz CT molecular complexity index is 1370. The van der Waals surface area contributed by atoms with Gasteiger partial charge in [-0.05, 0) is 48.4 Å². The Labute approximate surface area is 205 Å². The van der Waals surface area contributed by atoms with Gasteiger partial charge in [-0.3, -0.25) is 4.31 Å². The van der Waals surface area contributed by atoms with E-state index in [0.29, 0.717) is 35.2 Å². The molecule has 2 aromatic heterocycles. The van der Waals surface area contributed by atoms with Crippen LogP contribution in [0.25, 0.3) is 11.5 Å². The molecule has 0 aliphatic heterocycles. The number of anilines is 2. The highest BCUT2D eigenvalue weighted by atomic mass is 32.2. The first-order valence-electron chi connectivity index (χ1n) is 11.3. The Kier molecular flexibility index (Phi) is 6.78. The van der Waals surface area contributed by atoms with Gasteiger partial charge in [0.05, 0.1) is 23.9 Å². The summed E-state index contributed by atoms with van der Waals surface area (Å²) >= 11 is 0. The summed E-state index contributed by atoms with van der Waals surface area (Å²) in [5.74, 6) is 2.56. The minimum atomic E-state index is -3.53. The van der Waals surface area contributed by atoms with E-state index in [9.17, 15) is 13.7 Å². The van der Waals surface area contributed by atoms with Gasteiger partial charge in [-0.25, -0.2) is 13.4 Å². The molecule has 1 aromatic carbocycles. The molecule has 0 bridgehead atoms. The first-order valence-corrected chi connectivity index (χ1v) is 13.2. The Hall–Kier alpha value is -3.49. The summed E-state index contributed by atoms with van der Waals surface area (Å²) < 4.78 is 31.4. The molecule has 184 valence electrons. The second-order valence-electron chi connectivity index (χ2n) is 9.18. The minimum absolute atomic E-state index is 0.212. The van der Waals surface area contributed by atoms with E-state index in [2.05, 4.69) is 28.2 Å². The van der Waals surface area contributed by atoms with Gasteiger partial charge in [0, 0.05) is 26.2 Å². The van der Waals surface area contributed by atoms with Crippen molar-refractivity contribution in [1.29, 1.82) is 5.26 Å². The zero-order chi connectivity index (χ0) is 25.3. The number of aromatic nitrogens is 3. The summed E-state index contributed by atoms with van der Waals surface area (Å²) in [5.41, 5.74) is 8.20. The van der Waals surface area contributed by atoms with Crippen molar-refractivity contribution < 1.29 is 12.8 Å². The van der Waals surface area contributed by atoms with Crippen LogP contribution < -0.4 is 14.9 Å². The van der Waals surface area contributed by atoms with Crippen LogP contribution in [0.3, 0.4) is 0 Å². The Morgan fingerprint density at radius 1 is 1.23 bits per heavy atom. The van der Waals surface area contributed by atoms with Gasteiger partial charge >= 0.3 is 0 Å². The fourth-order valence-electron chi connectivity index (χ4n) is 3.88. The monoisotopic (exact) mass is 495 g/mol. The van der Waals surface area contributed by atoms with Crippen LogP contribution in [-0.4, -0.2) is 50.5 Å². The fourth-order valence-corrected chi connectivity index (χ4v) is 4.32. The smallest absolute Gasteiger partial charge is 0.248 e. The van der Waals surface area contributed by atoms with E-state index in [4.69, 9.17) is 10.2 Å². The van der Waals surface area contributed by atoms with E-state index in [0.717, 1.165) is 22.7 Å². The van der Waals surface area contributed by atoms with Crippen molar-refractivity contribution in [3.63, 3.8) is 0 Å². The van der Waals surface area contributed by atoms with E-state index in [1.54, 1.807) is 24.3 Å². The summed E-state index contributed by atoms with van der Waals surface area (Å²) in [6.45, 7) is 3.03. The molecule has 2 heterocycles. The van der Waals surface area contributed by atoms with E-state index < -0.39 is 16.1 Å². The predicted molar refractivity (Wildman–Crippen MR) is 133 cm³/mol. The summed E-state index contributed by atoms with van der Waals surface area (Å²) in [4.78, 5) is 6.59. The quantitative estimate of drug-likeness (QED) is 0.474. The topological polar surface area (TPSA) is 142 Å². The maximum atomic E-state index is 12.2. The number of pyridine rings is 1. The molecule has 4 rings (SSSR count). The van der Waals surface area contributed by atoms with E-state index in [1.807, 2.05) is 24.1 Å². The van der Waals surface area contributed by atoms with Gasteiger partial charge in [-0.15, -0.1) is 10.2 Å². The van der Waals surface area contributed by atoms with Crippen LogP contribution >= 0.6 is 0 Å². The van der Waals surface area contributed by atoms with E-state index in [1.165, 1.54) is 13.5 Å². The lowest BCUT2D eigenvalue weighted by atomic mass is 10.0. The zero-order valence-corrected chi connectivity index (χ0v) is 21.0. The minimum Gasteiger partial charge on any atom is -0.419 e. The average Bonchev–Trinajstić information content (AvgIpc) is 3.30. The van der Waals surface area contributed by atoms with Gasteiger partial charge in [0.1, 0.15) is 11.6 Å². The number of benzene rings is 1. The van der Waals surface area contributed by atoms with E-state index >= 15 is 0 Å². The first kappa shape index (κ1) is 24.6. The third kappa shape index (κ3) is 5.61. The number of nitrogens with zero attached hydrogens (tertiary/aromatic N) is 6. The van der Waals surface area contributed by atoms with Gasteiger partial charge in [0.25, 0.3) is 0 Å². The third-order valence-electron chi connectivity index (χ3n) is 6.38. The molecule has 0 saturated heterocycles. The molecular formula is C24H29N7O3S. The summed E-state index contributed by atoms with van der Waals surface area (Å²) in [6.07, 6.45) is 2.65. The van der Waals surface area contributed by atoms with Crippen molar-refractivity contribution in [1.82, 2.24) is 15.2 Å².